The first-order chi connectivity index (χ1) is 13.3. The SMILES string of the molecule is O=C(O)CC1(NC(=O)OCC2c3ccccc3-c3ccccc32)CC(F)(F)C1. The maximum atomic E-state index is 13.3. The molecule has 5 nitrogen and oxygen atoms in total. The van der Waals surface area contributed by atoms with E-state index in [4.69, 9.17) is 9.84 Å². The van der Waals surface area contributed by atoms with E-state index in [1.165, 1.54) is 0 Å². The number of carbonyl (C=O) groups is 2. The van der Waals surface area contributed by atoms with Crippen molar-refractivity contribution in [3.8, 4) is 11.1 Å². The summed E-state index contributed by atoms with van der Waals surface area (Å²) in [5.74, 6) is -4.36. The molecule has 7 heteroatoms. The van der Waals surface area contributed by atoms with E-state index in [1.807, 2.05) is 48.5 Å². The van der Waals surface area contributed by atoms with Crippen LogP contribution in [0.3, 0.4) is 0 Å². The second-order valence-electron chi connectivity index (χ2n) is 7.51. The van der Waals surface area contributed by atoms with Gasteiger partial charge in [0.2, 0.25) is 0 Å². The van der Waals surface area contributed by atoms with Crippen molar-refractivity contribution in [2.45, 2.75) is 36.6 Å². The predicted molar refractivity (Wildman–Crippen MR) is 97.4 cm³/mol. The number of halogens is 2. The van der Waals surface area contributed by atoms with Gasteiger partial charge in [0, 0.05) is 18.8 Å². The summed E-state index contributed by atoms with van der Waals surface area (Å²) in [6, 6.07) is 15.7. The van der Waals surface area contributed by atoms with Crippen LogP contribution in [0, 0.1) is 0 Å². The molecule has 0 radical (unpaired) electrons. The quantitative estimate of drug-likeness (QED) is 0.808. The van der Waals surface area contributed by atoms with Gasteiger partial charge in [-0.1, -0.05) is 48.5 Å². The van der Waals surface area contributed by atoms with E-state index in [2.05, 4.69) is 5.32 Å². The number of rotatable bonds is 5. The summed E-state index contributed by atoms with van der Waals surface area (Å²) in [5.41, 5.74) is 2.76. The molecule has 0 aliphatic heterocycles. The minimum absolute atomic E-state index is 0.0411. The lowest BCUT2D eigenvalue weighted by Gasteiger charge is -2.46. The lowest BCUT2D eigenvalue weighted by Crippen LogP contribution is -2.63. The van der Waals surface area contributed by atoms with Crippen LogP contribution in [-0.4, -0.2) is 35.2 Å². The Morgan fingerprint density at radius 2 is 1.57 bits per heavy atom. The molecule has 0 unspecified atom stereocenters. The fourth-order valence-electron chi connectivity index (χ4n) is 4.34. The molecule has 2 aliphatic carbocycles. The van der Waals surface area contributed by atoms with Crippen LogP contribution in [0.2, 0.25) is 0 Å². The summed E-state index contributed by atoms with van der Waals surface area (Å²) >= 11 is 0. The molecular formula is C21H19F2NO4. The smallest absolute Gasteiger partial charge is 0.407 e. The van der Waals surface area contributed by atoms with Gasteiger partial charge in [-0.3, -0.25) is 4.79 Å². The minimum atomic E-state index is -2.97. The van der Waals surface area contributed by atoms with E-state index in [0.717, 1.165) is 22.3 Å². The number of nitrogens with one attached hydrogen (secondary N) is 1. The minimum Gasteiger partial charge on any atom is -0.481 e. The Bertz CT molecular complexity index is 890. The summed E-state index contributed by atoms with van der Waals surface area (Å²) in [6.07, 6.45) is -2.83. The van der Waals surface area contributed by atoms with Gasteiger partial charge in [0.05, 0.1) is 12.0 Å². The highest BCUT2D eigenvalue weighted by Crippen LogP contribution is 2.48. The Morgan fingerprint density at radius 1 is 1.04 bits per heavy atom. The number of aliphatic carboxylic acids is 1. The first-order valence-corrected chi connectivity index (χ1v) is 9.01. The molecule has 1 saturated carbocycles. The standard InChI is InChI=1S/C21H19F2NO4/c22-21(23)11-20(12-21,9-18(25)26)24-19(27)28-10-17-15-7-3-1-5-13(15)14-6-2-4-8-16(14)17/h1-8,17H,9-12H2,(H,24,27)(H,25,26). The number of carboxylic acids is 1. The number of hydrogen-bond acceptors (Lipinski definition) is 3. The Labute approximate surface area is 160 Å². The van der Waals surface area contributed by atoms with Crippen LogP contribution >= 0.6 is 0 Å². The summed E-state index contributed by atoms with van der Waals surface area (Å²) in [6.45, 7) is 0.0411. The number of alkyl carbamates (subject to hydrolysis) is 1. The van der Waals surface area contributed by atoms with Crippen LogP contribution in [0.1, 0.15) is 36.3 Å². The third-order valence-corrected chi connectivity index (χ3v) is 5.39. The lowest BCUT2D eigenvalue weighted by molar-refractivity contribution is -0.155. The van der Waals surface area contributed by atoms with Gasteiger partial charge in [-0.15, -0.1) is 0 Å². The normalized spacial score (nSPS) is 18.5. The lowest BCUT2D eigenvalue weighted by atomic mass is 9.71. The van der Waals surface area contributed by atoms with Crippen molar-refractivity contribution in [1.29, 1.82) is 0 Å². The van der Waals surface area contributed by atoms with E-state index < -0.39 is 42.8 Å². The van der Waals surface area contributed by atoms with E-state index in [0.29, 0.717) is 0 Å². The molecule has 1 fully saturated rings. The maximum absolute atomic E-state index is 13.3. The molecule has 2 aromatic rings. The fourth-order valence-corrected chi connectivity index (χ4v) is 4.34. The Morgan fingerprint density at radius 3 is 2.07 bits per heavy atom. The van der Waals surface area contributed by atoms with Crippen molar-refractivity contribution in [3.05, 3.63) is 59.7 Å². The van der Waals surface area contributed by atoms with Crippen LogP contribution in [-0.2, 0) is 9.53 Å². The highest BCUT2D eigenvalue weighted by atomic mass is 19.3. The number of carboxylic acid groups (broad SMARTS) is 1. The van der Waals surface area contributed by atoms with Gasteiger partial charge >= 0.3 is 12.1 Å². The van der Waals surface area contributed by atoms with Gasteiger partial charge in [0.15, 0.2) is 0 Å². The molecule has 0 bridgehead atoms. The van der Waals surface area contributed by atoms with Gasteiger partial charge in [0.25, 0.3) is 5.92 Å². The van der Waals surface area contributed by atoms with Gasteiger partial charge in [0.1, 0.15) is 6.61 Å². The molecule has 2 aliphatic rings. The van der Waals surface area contributed by atoms with Gasteiger partial charge < -0.3 is 15.2 Å². The number of fused-ring (bicyclic) bond motifs is 3. The zero-order valence-electron chi connectivity index (χ0n) is 15.0. The molecule has 0 spiro atoms. The second-order valence-corrected chi connectivity index (χ2v) is 7.51. The largest absolute Gasteiger partial charge is 0.481 e. The van der Waals surface area contributed by atoms with Crippen molar-refractivity contribution in [2.24, 2.45) is 0 Å². The molecule has 2 aromatic carbocycles. The Hall–Kier alpha value is -2.96. The number of benzene rings is 2. The molecule has 0 atom stereocenters. The van der Waals surface area contributed by atoms with Gasteiger partial charge in [-0.25, -0.2) is 13.6 Å². The third kappa shape index (κ3) is 3.32. The molecule has 0 heterocycles. The summed E-state index contributed by atoms with van der Waals surface area (Å²) < 4.78 is 32.0. The second kappa shape index (κ2) is 6.58. The number of ether oxygens (including phenoxy) is 1. The van der Waals surface area contributed by atoms with Crippen LogP contribution in [0.15, 0.2) is 48.5 Å². The van der Waals surface area contributed by atoms with E-state index >= 15 is 0 Å². The molecule has 0 aromatic heterocycles. The Balaban J connectivity index is 1.46. The van der Waals surface area contributed by atoms with Crippen molar-refractivity contribution in [1.82, 2.24) is 5.32 Å². The highest BCUT2D eigenvalue weighted by molar-refractivity contribution is 5.79. The first-order valence-electron chi connectivity index (χ1n) is 9.01. The molecule has 0 saturated heterocycles. The van der Waals surface area contributed by atoms with Crippen molar-refractivity contribution in [3.63, 3.8) is 0 Å². The number of amides is 1. The fraction of sp³-hybridized carbons (Fsp3) is 0.333. The molecule has 4 rings (SSSR count). The predicted octanol–water partition coefficient (Wildman–Crippen LogP) is 4.17. The Kier molecular flexibility index (Phi) is 4.33. The van der Waals surface area contributed by atoms with Gasteiger partial charge in [-0.2, -0.15) is 0 Å². The van der Waals surface area contributed by atoms with Crippen molar-refractivity contribution in [2.75, 3.05) is 6.61 Å². The number of carbonyl (C=O) groups excluding carboxylic acids is 1. The average molecular weight is 387 g/mol. The third-order valence-electron chi connectivity index (χ3n) is 5.39. The van der Waals surface area contributed by atoms with Crippen LogP contribution in [0.25, 0.3) is 11.1 Å². The zero-order valence-corrected chi connectivity index (χ0v) is 15.0. The molecule has 1 amide bonds. The highest BCUT2D eigenvalue weighted by Gasteiger charge is 2.58. The average Bonchev–Trinajstić information content (AvgIpc) is 2.91. The summed E-state index contributed by atoms with van der Waals surface area (Å²) in [4.78, 5) is 23.3. The van der Waals surface area contributed by atoms with Crippen molar-refractivity contribution >= 4 is 12.1 Å². The summed E-state index contributed by atoms with van der Waals surface area (Å²) in [5, 5.41) is 11.3. The zero-order chi connectivity index (χ0) is 19.9. The number of alkyl halides is 2. The molecule has 28 heavy (non-hydrogen) atoms. The van der Waals surface area contributed by atoms with Crippen LogP contribution < -0.4 is 5.32 Å². The summed E-state index contributed by atoms with van der Waals surface area (Å²) in [7, 11) is 0. The van der Waals surface area contributed by atoms with Crippen LogP contribution in [0.5, 0.6) is 0 Å². The molecular weight excluding hydrogens is 368 g/mol. The monoisotopic (exact) mass is 387 g/mol. The van der Waals surface area contributed by atoms with E-state index in [1.54, 1.807) is 0 Å². The molecule has 2 N–H and O–H groups in total. The maximum Gasteiger partial charge on any atom is 0.407 e. The molecule has 146 valence electrons. The van der Waals surface area contributed by atoms with E-state index in [-0.39, 0.29) is 12.5 Å². The van der Waals surface area contributed by atoms with Gasteiger partial charge in [-0.05, 0) is 22.3 Å². The topological polar surface area (TPSA) is 75.6 Å². The first kappa shape index (κ1) is 18.4. The number of hydrogen-bond donors (Lipinski definition) is 2. The van der Waals surface area contributed by atoms with E-state index in [9.17, 15) is 18.4 Å². The van der Waals surface area contributed by atoms with Crippen molar-refractivity contribution < 1.29 is 28.2 Å². The van der Waals surface area contributed by atoms with Crippen LogP contribution in [0.4, 0.5) is 13.6 Å².